The van der Waals surface area contributed by atoms with E-state index in [1.807, 2.05) is 12.1 Å². The lowest BCUT2D eigenvalue weighted by atomic mass is 10.2. The fourth-order valence-electron chi connectivity index (χ4n) is 1.47. The van der Waals surface area contributed by atoms with Crippen LogP contribution in [0.3, 0.4) is 0 Å². The van der Waals surface area contributed by atoms with Crippen molar-refractivity contribution in [3.8, 4) is 11.4 Å². The SMILES string of the molecule is CNCC(=O)NCc1nc(-c2cccc(Cl)c2)no1. The molecule has 0 saturated heterocycles. The minimum absolute atomic E-state index is 0.134. The van der Waals surface area contributed by atoms with Gasteiger partial charge >= 0.3 is 0 Å². The summed E-state index contributed by atoms with van der Waals surface area (Å²) in [5, 5.41) is 9.84. The molecule has 0 atom stereocenters. The van der Waals surface area contributed by atoms with Gasteiger partial charge in [0.25, 0.3) is 0 Å². The molecule has 7 heteroatoms. The molecule has 0 aliphatic rings. The molecule has 0 fully saturated rings. The first kappa shape index (κ1) is 13.5. The predicted molar refractivity (Wildman–Crippen MR) is 70.5 cm³/mol. The van der Waals surface area contributed by atoms with Gasteiger partial charge in [-0.15, -0.1) is 0 Å². The maximum atomic E-state index is 11.3. The monoisotopic (exact) mass is 280 g/mol. The molecule has 1 aromatic carbocycles. The fraction of sp³-hybridized carbons (Fsp3) is 0.250. The van der Waals surface area contributed by atoms with Crippen molar-refractivity contribution in [3.63, 3.8) is 0 Å². The summed E-state index contributed by atoms with van der Waals surface area (Å²) in [5.74, 6) is 0.657. The van der Waals surface area contributed by atoms with Crippen LogP contribution in [0.2, 0.25) is 5.02 Å². The number of carbonyl (C=O) groups excluding carboxylic acids is 1. The number of rotatable bonds is 5. The molecule has 100 valence electrons. The predicted octanol–water partition coefficient (Wildman–Crippen LogP) is 1.23. The summed E-state index contributed by atoms with van der Waals surface area (Å²) in [4.78, 5) is 15.4. The molecular formula is C12H13ClN4O2. The summed E-state index contributed by atoms with van der Waals surface area (Å²) in [6, 6.07) is 7.16. The Balaban J connectivity index is 2.01. The van der Waals surface area contributed by atoms with E-state index in [1.54, 1.807) is 19.2 Å². The summed E-state index contributed by atoms with van der Waals surface area (Å²) in [6.45, 7) is 0.448. The highest BCUT2D eigenvalue weighted by Gasteiger charge is 2.09. The van der Waals surface area contributed by atoms with Gasteiger partial charge in [0.15, 0.2) is 0 Å². The van der Waals surface area contributed by atoms with Gasteiger partial charge in [-0.1, -0.05) is 28.9 Å². The van der Waals surface area contributed by atoms with Crippen LogP contribution in [0.5, 0.6) is 0 Å². The Morgan fingerprint density at radius 1 is 1.47 bits per heavy atom. The Kier molecular flexibility index (Phi) is 4.48. The second-order valence-electron chi connectivity index (χ2n) is 3.83. The lowest BCUT2D eigenvalue weighted by Crippen LogP contribution is -2.31. The maximum absolute atomic E-state index is 11.3. The first-order chi connectivity index (χ1) is 9.19. The van der Waals surface area contributed by atoms with Gasteiger partial charge in [-0.05, 0) is 19.2 Å². The number of likely N-dealkylation sites (N-methyl/N-ethyl adjacent to an activating group) is 1. The Morgan fingerprint density at radius 2 is 2.32 bits per heavy atom. The van der Waals surface area contributed by atoms with E-state index in [1.165, 1.54) is 0 Å². The van der Waals surface area contributed by atoms with E-state index in [2.05, 4.69) is 20.8 Å². The van der Waals surface area contributed by atoms with Crippen LogP contribution in [0.1, 0.15) is 5.89 Å². The minimum atomic E-state index is -0.134. The molecule has 6 nitrogen and oxygen atoms in total. The van der Waals surface area contributed by atoms with Gasteiger partial charge < -0.3 is 15.2 Å². The number of nitrogens with zero attached hydrogens (tertiary/aromatic N) is 2. The molecule has 2 N–H and O–H groups in total. The molecule has 0 radical (unpaired) electrons. The van der Waals surface area contributed by atoms with E-state index in [4.69, 9.17) is 16.1 Å². The van der Waals surface area contributed by atoms with E-state index in [0.717, 1.165) is 5.56 Å². The Hall–Kier alpha value is -1.92. The van der Waals surface area contributed by atoms with Crippen molar-refractivity contribution in [1.82, 2.24) is 20.8 Å². The molecule has 0 saturated carbocycles. The Morgan fingerprint density at radius 3 is 3.05 bits per heavy atom. The zero-order valence-electron chi connectivity index (χ0n) is 10.3. The molecule has 1 amide bonds. The summed E-state index contributed by atoms with van der Waals surface area (Å²) in [6.07, 6.45) is 0. The third-order valence-corrected chi connectivity index (χ3v) is 2.56. The second-order valence-corrected chi connectivity index (χ2v) is 4.27. The third-order valence-electron chi connectivity index (χ3n) is 2.33. The van der Waals surface area contributed by atoms with Crippen molar-refractivity contribution in [3.05, 3.63) is 35.2 Å². The Bertz CT molecular complexity index is 570. The first-order valence-electron chi connectivity index (χ1n) is 5.69. The van der Waals surface area contributed by atoms with Crippen LogP contribution >= 0.6 is 11.6 Å². The molecule has 0 aliphatic heterocycles. The van der Waals surface area contributed by atoms with Gasteiger partial charge in [0.1, 0.15) is 0 Å². The highest BCUT2D eigenvalue weighted by Crippen LogP contribution is 2.19. The molecule has 0 bridgehead atoms. The number of halogens is 1. The van der Waals surface area contributed by atoms with Crippen molar-refractivity contribution in [1.29, 1.82) is 0 Å². The lowest BCUT2D eigenvalue weighted by molar-refractivity contribution is -0.120. The van der Waals surface area contributed by atoms with Crippen molar-refractivity contribution >= 4 is 17.5 Å². The van der Waals surface area contributed by atoms with E-state index in [0.29, 0.717) is 16.7 Å². The highest BCUT2D eigenvalue weighted by molar-refractivity contribution is 6.30. The first-order valence-corrected chi connectivity index (χ1v) is 6.06. The molecule has 1 heterocycles. The standard InChI is InChI=1S/C12H13ClN4O2/c1-14-6-10(18)15-7-11-16-12(17-19-11)8-3-2-4-9(13)5-8/h2-5,14H,6-7H2,1H3,(H,15,18). The van der Waals surface area contributed by atoms with Crippen molar-refractivity contribution in [2.45, 2.75) is 6.54 Å². The van der Waals surface area contributed by atoms with Gasteiger partial charge in [-0.25, -0.2) is 0 Å². The van der Waals surface area contributed by atoms with Crippen LogP contribution in [0.25, 0.3) is 11.4 Å². The third kappa shape index (κ3) is 3.77. The zero-order chi connectivity index (χ0) is 13.7. The van der Waals surface area contributed by atoms with Gasteiger partial charge in [0.05, 0.1) is 13.1 Å². The van der Waals surface area contributed by atoms with Crippen LogP contribution in [0.4, 0.5) is 0 Å². The van der Waals surface area contributed by atoms with Gasteiger partial charge in [0.2, 0.25) is 17.6 Å². The second kappa shape index (κ2) is 6.31. The maximum Gasteiger partial charge on any atom is 0.246 e. The molecule has 0 aliphatic carbocycles. The summed E-state index contributed by atoms with van der Waals surface area (Å²) in [5.41, 5.74) is 0.768. The number of hydrogen-bond acceptors (Lipinski definition) is 5. The Labute approximate surface area is 115 Å². The molecule has 0 unspecified atom stereocenters. The topological polar surface area (TPSA) is 80.0 Å². The number of nitrogens with one attached hydrogen (secondary N) is 2. The highest BCUT2D eigenvalue weighted by atomic mass is 35.5. The molecule has 1 aromatic heterocycles. The minimum Gasteiger partial charge on any atom is -0.346 e. The number of aromatic nitrogens is 2. The molecular weight excluding hydrogens is 268 g/mol. The number of hydrogen-bond donors (Lipinski definition) is 2. The van der Waals surface area contributed by atoms with Crippen LogP contribution in [0, 0.1) is 0 Å². The number of benzene rings is 1. The van der Waals surface area contributed by atoms with Crippen molar-refractivity contribution in [2.75, 3.05) is 13.6 Å². The molecule has 19 heavy (non-hydrogen) atoms. The van der Waals surface area contributed by atoms with E-state index in [9.17, 15) is 4.79 Å². The van der Waals surface area contributed by atoms with Gasteiger partial charge in [0, 0.05) is 10.6 Å². The average molecular weight is 281 g/mol. The van der Waals surface area contributed by atoms with Crippen LogP contribution in [-0.4, -0.2) is 29.6 Å². The smallest absolute Gasteiger partial charge is 0.246 e. The van der Waals surface area contributed by atoms with E-state index in [-0.39, 0.29) is 19.0 Å². The molecule has 0 spiro atoms. The summed E-state index contributed by atoms with van der Waals surface area (Å²) in [7, 11) is 1.70. The quantitative estimate of drug-likeness (QED) is 0.861. The summed E-state index contributed by atoms with van der Waals surface area (Å²) < 4.78 is 5.05. The molecule has 2 rings (SSSR count). The summed E-state index contributed by atoms with van der Waals surface area (Å²) >= 11 is 5.89. The van der Waals surface area contributed by atoms with Crippen molar-refractivity contribution < 1.29 is 9.32 Å². The normalized spacial score (nSPS) is 10.4. The fourth-order valence-corrected chi connectivity index (χ4v) is 1.66. The lowest BCUT2D eigenvalue weighted by Gasteiger charge is -1.99. The van der Waals surface area contributed by atoms with E-state index >= 15 is 0 Å². The van der Waals surface area contributed by atoms with Crippen LogP contribution in [-0.2, 0) is 11.3 Å². The average Bonchev–Trinajstić information content (AvgIpc) is 2.85. The van der Waals surface area contributed by atoms with Crippen LogP contribution in [0.15, 0.2) is 28.8 Å². The number of amides is 1. The molecule has 2 aromatic rings. The van der Waals surface area contributed by atoms with Gasteiger partial charge in [-0.3, -0.25) is 4.79 Å². The van der Waals surface area contributed by atoms with Crippen molar-refractivity contribution in [2.24, 2.45) is 0 Å². The van der Waals surface area contributed by atoms with Crippen LogP contribution < -0.4 is 10.6 Å². The zero-order valence-corrected chi connectivity index (χ0v) is 11.1. The van der Waals surface area contributed by atoms with Gasteiger partial charge in [-0.2, -0.15) is 4.98 Å². The largest absolute Gasteiger partial charge is 0.346 e. The number of carbonyl (C=O) groups is 1. The van der Waals surface area contributed by atoms with E-state index < -0.39 is 0 Å².